The Morgan fingerprint density at radius 1 is 1.32 bits per heavy atom. The molecule has 1 aliphatic heterocycles. The van der Waals surface area contributed by atoms with Gasteiger partial charge in [-0.25, -0.2) is 0 Å². The van der Waals surface area contributed by atoms with E-state index in [0.29, 0.717) is 17.9 Å². The van der Waals surface area contributed by atoms with E-state index in [1.54, 1.807) is 7.11 Å². The van der Waals surface area contributed by atoms with E-state index in [9.17, 15) is 4.79 Å². The van der Waals surface area contributed by atoms with Gasteiger partial charge in [0.05, 0.1) is 0 Å². The summed E-state index contributed by atoms with van der Waals surface area (Å²) >= 11 is 0. The standard InChI is InChI=1S/C19H36N4O2/c1-4-17(24)23-12-8-16(14-23)22-18(20-5-2)21-15-19(11-13-25-3)9-6-7-10-19/h16H,4-15H2,1-3H3,(H2,20,21,22). The first kappa shape index (κ1) is 20.0. The first-order valence-electron chi connectivity index (χ1n) is 9.94. The minimum absolute atomic E-state index is 0.246. The fraction of sp³-hybridized carbons (Fsp3) is 0.895. The molecule has 0 bridgehead atoms. The normalized spacial score (nSPS) is 23.1. The van der Waals surface area contributed by atoms with Crippen LogP contribution in [0.5, 0.6) is 0 Å². The molecule has 0 radical (unpaired) electrons. The Balaban J connectivity index is 1.92. The van der Waals surface area contributed by atoms with Gasteiger partial charge in [-0.2, -0.15) is 0 Å². The first-order chi connectivity index (χ1) is 12.1. The molecule has 2 fully saturated rings. The Morgan fingerprint density at radius 2 is 2.08 bits per heavy atom. The highest BCUT2D eigenvalue weighted by Crippen LogP contribution is 2.41. The number of methoxy groups -OCH3 is 1. The third kappa shape index (κ3) is 5.87. The molecule has 1 saturated carbocycles. The minimum atomic E-state index is 0.246. The van der Waals surface area contributed by atoms with Crippen molar-refractivity contribution in [3.05, 3.63) is 0 Å². The number of aliphatic imine (C=N–C) groups is 1. The monoisotopic (exact) mass is 352 g/mol. The Labute approximate surface area is 152 Å². The van der Waals surface area contributed by atoms with Crippen LogP contribution in [0.3, 0.4) is 0 Å². The molecule has 144 valence electrons. The third-order valence-corrected chi connectivity index (χ3v) is 5.60. The van der Waals surface area contributed by atoms with Crippen LogP contribution in [-0.2, 0) is 9.53 Å². The molecule has 2 rings (SSSR count). The Kier molecular flexibility index (Phi) is 8.00. The van der Waals surface area contributed by atoms with Crippen molar-refractivity contribution >= 4 is 11.9 Å². The van der Waals surface area contributed by atoms with Crippen LogP contribution >= 0.6 is 0 Å². The van der Waals surface area contributed by atoms with Gasteiger partial charge in [-0.15, -0.1) is 0 Å². The molecule has 0 spiro atoms. The Morgan fingerprint density at radius 3 is 2.72 bits per heavy atom. The lowest BCUT2D eigenvalue weighted by molar-refractivity contribution is -0.129. The van der Waals surface area contributed by atoms with Gasteiger partial charge in [0.25, 0.3) is 0 Å². The largest absolute Gasteiger partial charge is 0.385 e. The number of nitrogens with zero attached hydrogens (tertiary/aromatic N) is 2. The Bertz CT molecular complexity index is 447. The maximum Gasteiger partial charge on any atom is 0.222 e. The third-order valence-electron chi connectivity index (χ3n) is 5.60. The van der Waals surface area contributed by atoms with Crippen molar-refractivity contribution in [1.29, 1.82) is 0 Å². The molecule has 1 aliphatic carbocycles. The molecule has 2 N–H and O–H groups in total. The second-order valence-electron chi connectivity index (χ2n) is 7.47. The summed E-state index contributed by atoms with van der Waals surface area (Å²) in [5.41, 5.74) is 0.304. The highest BCUT2D eigenvalue weighted by atomic mass is 16.5. The quantitative estimate of drug-likeness (QED) is 0.519. The number of ether oxygens (including phenoxy) is 1. The second kappa shape index (κ2) is 10.00. The zero-order valence-corrected chi connectivity index (χ0v) is 16.3. The molecule has 6 heteroatoms. The van der Waals surface area contributed by atoms with Crippen LogP contribution in [0.15, 0.2) is 4.99 Å². The van der Waals surface area contributed by atoms with Gasteiger partial charge in [-0.3, -0.25) is 9.79 Å². The highest BCUT2D eigenvalue weighted by Gasteiger charge is 2.33. The van der Waals surface area contributed by atoms with Gasteiger partial charge >= 0.3 is 0 Å². The van der Waals surface area contributed by atoms with E-state index < -0.39 is 0 Å². The first-order valence-corrected chi connectivity index (χ1v) is 9.94. The average Bonchev–Trinajstić information content (AvgIpc) is 3.28. The Hall–Kier alpha value is -1.30. The van der Waals surface area contributed by atoms with Gasteiger partial charge in [0.2, 0.25) is 5.91 Å². The van der Waals surface area contributed by atoms with Gasteiger partial charge in [-0.1, -0.05) is 19.8 Å². The van der Waals surface area contributed by atoms with E-state index in [0.717, 1.165) is 51.6 Å². The van der Waals surface area contributed by atoms with Crippen molar-refractivity contribution in [2.45, 2.75) is 64.8 Å². The topological polar surface area (TPSA) is 66.0 Å². The van der Waals surface area contributed by atoms with E-state index in [4.69, 9.17) is 9.73 Å². The summed E-state index contributed by atoms with van der Waals surface area (Å²) in [5, 5.41) is 6.91. The predicted octanol–water partition coefficient (Wildman–Crippen LogP) is 2.15. The summed E-state index contributed by atoms with van der Waals surface area (Å²) in [4.78, 5) is 18.7. The van der Waals surface area contributed by atoms with Crippen molar-refractivity contribution < 1.29 is 9.53 Å². The van der Waals surface area contributed by atoms with E-state index in [1.807, 2.05) is 11.8 Å². The zero-order valence-electron chi connectivity index (χ0n) is 16.3. The maximum absolute atomic E-state index is 11.9. The smallest absolute Gasteiger partial charge is 0.222 e. The molecular formula is C19H36N4O2. The zero-order chi connectivity index (χ0) is 18.1. The number of hydrogen-bond acceptors (Lipinski definition) is 3. The number of guanidine groups is 1. The van der Waals surface area contributed by atoms with Crippen molar-refractivity contribution in [1.82, 2.24) is 15.5 Å². The van der Waals surface area contributed by atoms with Crippen molar-refractivity contribution in [2.75, 3.05) is 39.9 Å². The molecule has 1 amide bonds. The summed E-state index contributed by atoms with van der Waals surface area (Å²) in [7, 11) is 1.78. The number of rotatable bonds is 8. The van der Waals surface area contributed by atoms with E-state index in [-0.39, 0.29) is 5.91 Å². The van der Waals surface area contributed by atoms with Gasteiger partial charge in [-0.05, 0) is 38.0 Å². The van der Waals surface area contributed by atoms with Crippen molar-refractivity contribution in [2.24, 2.45) is 10.4 Å². The molecule has 1 saturated heterocycles. The van der Waals surface area contributed by atoms with Crippen LogP contribution in [0.4, 0.5) is 0 Å². The lowest BCUT2D eigenvalue weighted by Gasteiger charge is -2.27. The lowest BCUT2D eigenvalue weighted by Crippen LogP contribution is -2.45. The molecule has 25 heavy (non-hydrogen) atoms. The molecule has 0 aromatic carbocycles. The number of nitrogens with one attached hydrogen (secondary N) is 2. The van der Waals surface area contributed by atoms with Crippen LogP contribution in [0.1, 0.15) is 58.8 Å². The summed E-state index contributed by atoms with van der Waals surface area (Å²) in [6.07, 6.45) is 7.78. The van der Waals surface area contributed by atoms with Gasteiger partial charge in [0, 0.05) is 52.4 Å². The molecule has 1 atom stereocenters. The number of carbonyl (C=O) groups is 1. The van der Waals surface area contributed by atoms with Crippen LogP contribution in [-0.4, -0.2) is 62.7 Å². The summed E-state index contributed by atoms with van der Waals surface area (Å²) in [5.74, 6) is 1.14. The molecule has 0 aromatic rings. The maximum atomic E-state index is 11.9. The second-order valence-corrected chi connectivity index (χ2v) is 7.47. The lowest BCUT2D eigenvalue weighted by atomic mass is 9.83. The number of likely N-dealkylation sites (tertiary alicyclic amines) is 1. The molecule has 1 unspecified atom stereocenters. The van der Waals surface area contributed by atoms with Gasteiger partial charge in [0.1, 0.15) is 0 Å². The molecule has 1 heterocycles. The van der Waals surface area contributed by atoms with Crippen LogP contribution in [0, 0.1) is 5.41 Å². The van der Waals surface area contributed by atoms with E-state index >= 15 is 0 Å². The summed E-state index contributed by atoms with van der Waals surface area (Å²) < 4.78 is 5.32. The molecule has 2 aliphatic rings. The van der Waals surface area contributed by atoms with E-state index in [1.165, 1.54) is 25.7 Å². The van der Waals surface area contributed by atoms with Crippen LogP contribution in [0.25, 0.3) is 0 Å². The number of amides is 1. The van der Waals surface area contributed by atoms with Crippen molar-refractivity contribution in [3.63, 3.8) is 0 Å². The fourth-order valence-corrected chi connectivity index (χ4v) is 4.02. The summed E-state index contributed by atoms with van der Waals surface area (Å²) in [6, 6.07) is 0.298. The number of hydrogen-bond donors (Lipinski definition) is 2. The minimum Gasteiger partial charge on any atom is -0.385 e. The van der Waals surface area contributed by atoms with Gasteiger partial charge < -0.3 is 20.3 Å². The number of carbonyl (C=O) groups excluding carboxylic acids is 1. The van der Waals surface area contributed by atoms with Crippen LogP contribution in [0.2, 0.25) is 0 Å². The SMILES string of the molecule is CCNC(=NCC1(CCOC)CCCC1)NC1CCN(C(=O)CC)C1. The predicted molar refractivity (Wildman–Crippen MR) is 102 cm³/mol. The summed E-state index contributed by atoms with van der Waals surface area (Å²) in [6.45, 7) is 8.17. The van der Waals surface area contributed by atoms with Gasteiger partial charge in [0.15, 0.2) is 5.96 Å². The molecule has 6 nitrogen and oxygen atoms in total. The fourth-order valence-electron chi connectivity index (χ4n) is 4.02. The average molecular weight is 353 g/mol. The van der Waals surface area contributed by atoms with Crippen LogP contribution < -0.4 is 10.6 Å². The van der Waals surface area contributed by atoms with Crippen molar-refractivity contribution in [3.8, 4) is 0 Å². The molecule has 0 aromatic heterocycles. The molecular weight excluding hydrogens is 316 g/mol. The highest BCUT2D eigenvalue weighted by molar-refractivity contribution is 5.80. The van der Waals surface area contributed by atoms with E-state index in [2.05, 4.69) is 17.6 Å².